The van der Waals surface area contributed by atoms with Crippen LogP contribution in [0.2, 0.25) is 5.02 Å². The number of nitrogens with one attached hydrogen (secondary N) is 2. The van der Waals surface area contributed by atoms with Crippen LogP contribution in [0, 0.1) is 0 Å². The monoisotopic (exact) mass is 872 g/mol. The molecule has 0 radical (unpaired) electrons. The number of oxime groups is 1. The quantitative estimate of drug-likeness (QED) is 0.0506. The highest BCUT2D eigenvalue weighted by Crippen LogP contribution is 2.48. The van der Waals surface area contributed by atoms with Crippen LogP contribution in [0.3, 0.4) is 0 Å². The molecule has 0 saturated carbocycles. The number of benzene rings is 1. The first-order valence-electron chi connectivity index (χ1n) is 18.5. The minimum atomic E-state index is -1.82. The molecule has 3 aromatic rings. The van der Waals surface area contributed by atoms with E-state index >= 15 is 0 Å². The molecule has 7 atom stereocenters. The molecule has 7 rings (SSSR count). The van der Waals surface area contributed by atoms with Crippen molar-refractivity contribution in [1.82, 2.24) is 25.1 Å². The molecule has 0 aliphatic carbocycles. The van der Waals surface area contributed by atoms with Crippen LogP contribution < -0.4 is 26.9 Å². The summed E-state index contributed by atoms with van der Waals surface area (Å²) in [5, 5.41) is 51.7. The number of amides is 3. The molecule has 1 unspecified atom stereocenters. The fraction of sp³-hybridized carbons (Fsp3) is 0.459. The van der Waals surface area contributed by atoms with Crippen LogP contribution in [0.4, 0.5) is 5.13 Å². The van der Waals surface area contributed by atoms with Gasteiger partial charge in [-0.25, -0.2) is 9.78 Å². The Bertz CT molecular complexity index is 2450. The lowest BCUT2D eigenvalue weighted by Gasteiger charge is -2.54. The van der Waals surface area contributed by atoms with Gasteiger partial charge in [0, 0.05) is 67.2 Å². The third-order valence-corrected chi connectivity index (χ3v) is 14.3. The second-order valence-corrected chi connectivity index (χ2v) is 18.6. The number of hydrogen-bond acceptors (Lipinski definition) is 15. The van der Waals surface area contributed by atoms with Gasteiger partial charge in [-0.3, -0.25) is 24.1 Å². The van der Waals surface area contributed by atoms with Gasteiger partial charge < -0.3 is 55.5 Å². The number of aliphatic carboxylic acids is 2. The average molecular weight is 873 g/mol. The van der Waals surface area contributed by atoms with Crippen LogP contribution in [0.15, 0.2) is 38.9 Å². The number of carboxylic acid groups (broad SMARTS) is 2. The summed E-state index contributed by atoms with van der Waals surface area (Å²) in [6, 6.07) is -0.320. The molecule has 22 heteroatoms. The number of aromatic hydroxyl groups is 2. The van der Waals surface area contributed by atoms with Crippen LogP contribution in [0.5, 0.6) is 11.5 Å². The number of nitrogen functional groups attached to an aromatic ring is 1. The zero-order chi connectivity index (χ0) is 43.0. The number of halogens is 1. The lowest BCUT2D eigenvalue weighted by molar-refractivity contribution is -0.944. The minimum Gasteiger partial charge on any atom is -0.543 e. The van der Waals surface area contributed by atoms with Crippen molar-refractivity contribution in [2.45, 2.75) is 86.8 Å². The Kier molecular flexibility index (Phi) is 10.6. The molecule has 4 aliphatic rings. The number of likely N-dealkylation sites (N-methyl/N-ethyl adjacent to an activating group) is 1. The molecule has 19 nitrogen and oxygen atoms in total. The number of phenols is 2. The predicted octanol–water partition coefficient (Wildman–Crippen LogP) is 0.588. The molecule has 1 aromatic carbocycles. The van der Waals surface area contributed by atoms with E-state index in [1.807, 2.05) is 14.0 Å². The first kappa shape index (κ1) is 41.8. The third-order valence-electron chi connectivity index (χ3n) is 11.8. The number of carbonyl (C=O) groups is 5. The smallest absolute Gasteiger partial charge is 0.350 e. The standard InChI is InChI=1S/C37H41ClN8O11S2/c1-14-19(27(34(53)54)45-32(52)26(33(45)59-14)42-31(51)25(20-13-58-36(39)41-20)43-57-37(2,3)35(55)56)12-46(5)16-6-7-17(46)9-15(8-16)40-30(50)18-11-44(4)21-10-22(47)29(49)24(38)23(21)28(18)48/h10-11,13-17,26,33H,6-9,12H2,1-5H3,(H7-,39,40,41,42,43,47,48,49,50,51,53,54,55,56)/t14-,15?,16-,17+,26+,33+,46+/m0/s1. The molecule has 3 amide bonds. The Morgan fingerprint density at radius 3 is 2.42 bits per heavy atom. The first-order valence-corrected chi connectivity index (χ1v) is 20.7. The normalized spacial score (nSPS) is 26.6. The Balaban J connectivity index is 1.08. The minimum absolute atomic E-state index is 0.0109. The molecule has 7 N–H and O–H groups in total. The SMILES string of the molecule is C[C@@H]1S[C@@H]2[C@H](NC(=O)/C(=N\OC(C)(C)C(=O)O)c3csc(N)n3)C(=O)N2C(C(=O)[O-])=C1C[N@@+]1(C)[C@@H]2CC[C@H]1CC(NC(=O)c1cn(C)c3cc(O)c(O)c(Cl)c3c1=O)C2. The number of anilines is 1. The van der Waals surface area contributed by atoms with Crippen molar-refractivity contribution in [1.29, 1.82) is 0 Å². The van der Waals surface area contributed by atoms with Gasteiger partial charge >= 0.3 is 5.97 Å². The fourth-order valence-corrected chi connectivity index (χ4v) is 10.8. The molecule has 0 spiro atoms. The maximum absolute atomic E-state index is 13.7. The van der Waals surface area contributed by atoms with E-state index < -0.39 is 74.6 Å². The summed E-state index contributed by atoms with van der Waals surface area (Å²) in [6.07, 6.45) is 3.99. The number of phenolic OH excluding ortho intramolecular Hbond substituents is 2. The fourth-order valence-electron chi connectivity index (χ4n) is 8.53. The van der Waals surface area contributed by atoms with Crippen LogP contribution in [0.25, 0.3) is 10.9 Å². The summed E-state index contributed by atoms with van der Waals surface area (Å²) in [5.74, 6) is -6.29. The highest BCUT2D eigenvalue weighted by atomic mass is 35.5. The molecule has 2 aromatic heterocycles. The number of aryl methyl sites for hydroxylation is 1. The molecule has 314 valence electrons. The van der Waals surface area contributed by atoms with E-state index in [4.69, 9.17) is 22.2 Å². The molecule has 3 fully saturated rings. The van der Waals surface area contributed by atoms with E-state index in [1.165, 1.54) is 47.8 Å². The Morgan fingerprint density at radius 1 is 1.17 bits per heavy atom. The molecule has 2 bridgehead atoms. The number of piperidine rings is 1. The highest BCUT2D eigenvalue weighted by Gasteiger charge is 2.58. The van der Waals surface area contributed by atoms with Crippen molar-refractivity contribution in [3.8, 4) is 11.5 Å². The van der Waals surface area contributed by atoms with Crippen LogP contribution in [-0.4, -0.2) is 124 Å². The van der Waals surface area contributed by atoms with Gasteiger partial charge in [-0.15, -0.1) is 23.1 Å². The van der Waals surface area contributed by atoms with Crippen molar-refractivity contribution in [2.75, 3.05) is 19.3 Å². The number of hydrogen-bond donors (Lipinski definition) is 6. The molecular formula is C37H41ClN8O11S2. The number of fused-ring (bicyclic) bond motifs is 4. The molecule has 59 heavy (non-hydrogen) atoms. The van der Waals surface area contributed by atoms with Crippen molar-refractivity contribution < 1.29 is 53.7 Å². The lowest BCUT2D eigenvalue weighted by atomic mass is 9.92. The maximum atomic E-state index is 13.7. The summed E-state index contributed by atoms with van der Waals surface area (Å²) in [5.41, 5.74) is 3.08. The topological polar surface area (TPSA) is 279 Å². The van der Waals surface area contributed by atoms with Crippen molar-refractivity contribution >= 4 is 86.1 Å². The Hall–Kier alpha value is -5.38. The van der Waals surface area contributed by atoms with Crippen molar-refractivity contribution in [2.24, 2.45) is 12.2 Å². The third kappa shape index (κ3) is 7.12. The average Bonchev–Trinajstić information content (AvgIpc) is 3.63. The zero-order valence-electron chi connectivity index (χ0n) is 32.3. The maximum Gasteiger partial charge on any atom is 0.350 e. The number of aromatic nitrogens is 2. The molecule has 6 heterocycles. The second kappa shape index (κ2) is 15.0. The van der Waals surface area contributed by atoms with Gasteiger partial charge in [-0.2, -0.15) is 0 Å². The van der Waals surface area contributed by atoms with Crippen LogP contribution in [0.1, 0.15) is 62.5 Å². The van der Waals surface area contributed by atoms with E-state index in [0.717, 1.165) is 29.1 Å². The number of pyridine rings is 1. The van der Waals surface area contributed by atoms with E-state index in [2.05, 4.69) is 20.8 Å². The van der Waals surface area contributed by atoms with Gasteiger partial charge in [0.1, 0.15) is 29.2 Å². The van der Waals surface area contributed by atoms with Gasteiger partial charge in [0.2, 0.25) is 11.0 Å². The van der Waals surface area contributed by atoms with E-state index in [9.17, 15) is 49.2 Å². The number of nitrogens with two attached hydrogens (primary N) is 1. The van der Waals surface area contributed by atoms with Gasteiger partial charge in [-0.1, -0.05) is 16.8 Å². The zero-order valence-corrected chi connectivity index (χ0v) is 34.7. The highest BCUT2D eigenvalue weighted by molar-refractivity contribution is 8.00. The van der Waals surface area contributed by atoms with Gasteiger partial charge in [0.15, 0.2) is 22.3 Å². The number of carboxylic acids is 2. The van der Waals surface area contributed by atoms with Crippen molar-refractivity contribution in [3.05, 3.63) is 55.4 Å². The number of β-lactam (4-membered cyclic amide) rings is 1. The molecule has 4 aliphatic heterocycles. The largest absolute Gasteiger partial charge is 0.543 e. The number of rotatable bonds is 11. The Morgan fingerprint density at radius 2 is 1.83 bits per heavy atom. The summed E-state index contributed by atoms with van der Waals surface area (Å²) < 4.78 is 1.92. The molecule has 3 saturated heterocycles. The van der Waals surface area contributed by atoms with E-state index in [-0.39, 0.29) is 62.7 Å². The van der Waals surface area contributed by atoms with Crippen LogP contribution in [-0.2, 0) is 31.1 Å². The summed E-state index contributed by atoms with van der Waals surface area (Å²) in [6.45, 7) is 4.56. The summed E-state index contributed by atoms with van der Waals surface area (Å²) >= 11 is 8.52. The van der Waals surface area contributed by atoms with E-state index in [1.54, 1.807) is 7.05 Å². The number of thioether (sulfide) groups is 1. The van der Waals surface area contributed by atoms with Crippen molar-refractivity contribution in [3.63, 3.8) is 0 Å². The van der Waals surface area contributed by atoms with E-state index in [0.29, 0.717) is 22.9 Å². The lowest BCUT2D eigenvalue weighted by Crippen LogP contribution is -2.72. The molecular weight excluding hydrogens is 832 g/mol. The van der Waals surface area contributed by atoms with Gasteiger partial charge in [-0.05, 0) is 20.8 Å². The van der Waals surface area contributed by atoms with Gasteiger partial charge in [0.25, 0.3) is 17.7 Å². The number of carbonyl (C=O) groups excluding carboxylic acids is 4. The first-order chi connectivity index (χ1) is 27.6. The number of quaternary nitrogens is 1. The Labute approximate surface area is 349 Å². The summed E-state index contributed by atoms with van der Waals surface area (Å²) in [7, 11) is 3.61. The second-order valence-electron chi connectivity index (χ2n) is 15.9. The summed E-state index contributed by atoms with van der Waals surface area (Å²) in [4.78, 5) is 89.1. The van der Waals surface area contributed by atoms with Gasteiger partial charge in [0.05, 0.1) is 46.7 Å². The number of thiazole rings is 1. The predicted molar refractivity (Wildman–Crippen MR) is 213 cm³/mol. The number of nitrogens with zero attached hydrogens (tertiary/aromatic N) is 5. The van der Waals surface area contributed by atoms with Crippen LogP contribution >= 0.6 is 34.7 Å².